The standard InChI is InChI=1S/C15H21NO2/c1-3-12-10-13(16-15(12)17)8-9-18-14-6-4-11(2)5-7-14/h4-7,12-13H,3,8-10H2,1-2H3,(H,16,17)/t12-,13?/m1/s1. The van der Waals surface area contributed by atoms with E-state index >= 15 is 0 Å². The highest BCUT2D eigenvalue weighted by Crippen LogP contribution is 2.21. The lowest BCUT2D eigenvalue weighted by Gasteiger charge is -2.11. The third-order valence-electron chi connectivity index (χ3n) is 3.54. The number of hydrogen-bond donors (Lipinski definition) is 1. The molecule has 0 bridgehead atoms. The molecular weight excluding hydrogens is 226 g/mol. The van der Waals surface area contributed by atoms with Gasteiger partial charge in [0.05, 0.1) is 6.61 Å². The Morgan fingerprint density at radius 2 is 2.06 bits per heavy atom. The smallest absolute Gasteiger partial charge is 0.223 e. The molecule has 0 saturated carbocycles. The fourth-order valence-corrected chi connectivity index (χ4v) is 2.32. The summed E-state index contributed by atoms with van der Waals surface area (Å²) in [6, 6.07) is 8.34. The highest BCUT2D eigenvalue weighted by atomic mass is 16.5. The van der Waals surface area contributed by atoms with Crippen molar-refractivity contribution in [2.75, 3.05) is 6.61 Å². The second-order valence-electron chi connectivity index (χ2n) is 5.00. The van der Waals surface area contributed by atoms with Gasteiger partial charge in [-0.25, -0.2) is 0 Å². The summed E-state index contributed by atoms with van der Waals surface area (Å²) in [6.07, 6.45) is 2.77. The maximum absolute atomic E-state index is 11.5. The van der Waals surface area contributed by atoms with Gasteiger partial charge in [-0.05, 0) is 31.9 Å². The quantitative estimate of drug-likeness (QED) is 0.868. The molecule has 1 amide bonds. The van der Waals surface area contributed by atoms with Crippen molar-refractivity contribution >= 4 is 5.91 Å². The number of rotatable bonds is 5. The number of ether oxygens (including phenoxy) is 1. The normalized spacial score (nSPS) is 22.9. The van der Waals surface area contributed by atoms with Crippen molar-refractivity contribution in [2.45, 2.75) is 39.2 Å². The van der Waals surface area contributed by atoms with Gasteiger partial charge in [-0.2, -0.15) is 0 Å². The molecule has 1 aliphatic heterocycles. The maximum atomic E-state index is 11.5. The summed E-state index contributed by atoms with van der Waals surface area (Å²) in [4.78, 5) is 11.5. The van der Waals surface area contributed by atoms with E-state index in [2.05, 4.69) is 19.2 Å². The molecule has 1 N–H and O–H groups in total. The van der Waals surface area contributed by atoms with Gasteiger partial charge in [-0.1, -0.05) is 24.6 Å². The minimum atomic E-state index is 0.203. The minimum absolute atomic E-state index is 0.203. The van der Waals surface area contributed by atoms with Crippen molar-refractivity contribution in [3.63, 3.8) is 0 Å². The zero-order chi connectivity index (χ0) is 13.0. The molecule has 0 spiro atoms. The lowest BCUT2D eigenvalue weighted by atomic mass is 10.0. The van der Waals surface area contributed by atoms with E-state index in [0.29, 0.717) is 6.61 Å². The number of carbonyl (C=O) groups excluding carboxylic acids is 1. The molecule has 1 aromatic carbocycles. The number of nitrogens with one attached hydrogen (secondary N) is 1. The van der Waals surface area contributed by atoms with Crippen molar-refractivity contribution in [1.29, 1.82) is 0 Å². The monoisotopic (exact) mass is 247 g/mol. The van der Waals surface area contributed by atoms with Crippen molar-refractivity contribution < 1.29 is 9.53 Å². The van der Waals surface area contributed by atoms with Gasteiger partial charge in [-0.3, -0.25) is 4.79 Å². The SMILES string of the molecule is CC[C@@H]1CC(CCOc2ccc(C)cc2)NC1=O. The van der Waals surface area contributed by atoms with Gasteiger partial charge < -0.3 is 10.1 Å². The van der Waals surface area contributed by atoms with E-state index in [-0.39, 0.29) is 17.9 Å². The lowest BCUT2D eigenvalue weighted by molar-refractivity contribution is -0.122. The molecule has 1 heterocycles. The van der Waals surface area contributed by atoms with E-state index < -0.39 is 0 Å². The van der Waals surface area contributed by atoms with Crippen molar-refractivity contribution in [3.05, 3.63) is 29.8 Å². The molecule has 0 aromatic heterocycles. The molecule has 2 rings (SSSR count). The Bertz CT molecular complexity index is 399. The number of carbonyl (C=O) groups is 1. The van der Waals surface area contributed by atoms with Crippen LogP contribution >= 0.6 is 0 Å². The fraction of sp³-hybridized carbons (Fsp3) is 0.533. The van der Waals surface area contributed by atoms with Crippen molar-refractivity contribution in [1.82, 2.24) is 5.32 Å². The maximum Gasteiger partial charge on any atom is 0.223 e. The molecular formula is C15H21NO2. The molecule has 1 aromatic rings. The van der Waals surface area contributed by atoms with Gasteiger partial charge in [0.15, 0.2) is 0 Å². The van der Waals surface area contributed by atoms with E-state index in [1.807, 2.05) is 24.3 Å². The average molecular weight is 247 g/mol. The van der Waals surface area contributed by atoms with E-state index in [1.54, 1.807) is 0 Å². The first-order valence-electron chi connectivity index (χ1n) is 6.69. The van der Waals surface area contributed by atoms with E-state index in [0.717, 1.165) is 25.0 Å². The van der Waals surface area contributed by atoms with Crippen molar-refractivity contribution in [2.24, 2.45) is 5.92 Å². The first-order valence-corrected chi connectivity index (χ1v) is 6.69. The average Bonchev–Trinajstić information content (AvgIpc) is 2.72. The number of hydrogen-bond acceptors (Lipinski definition) is 2. The Labute approximate surface area is 109 Å². The molecule has 1 saturated heterocycles. The van der Waals surface area contributed by atoms with Crippen molar-refractivity contribution in [3.8, 4) is 5.75 Å². The highest BCUT2D eigenvalue weighted by Gasteiger charge is 2.29. The Morgan fingerprint density at radius 1 is 1.33 bits per heavy atom. The van der Waals surface area contributed by atoms with Gasteiger partial charge in [0.25, 0.3) is 0 Å². The van der Waals surface area contributed by atoms with Crippen LogP contribution in [-0.4, -0.2) is 18.6 Å². The topological polar surface area (TPSA) is 38.3 Å². The summed E-state index contributed by atoms with van der Waals surface area (Å²) in [5.74, 6) is 1.31. The molecule has 18 heavy (non-hydrogen) atoms. The Morgan fingerprint density at radius 3 is 2.67 bits per heavy atom. The lowest BCUT2D eigenvalue weighted by Crippen LogP contribution is -2.27. The molecule has 1 aliphatic rings. The van der Waals surface area contributed by atoms with Crippen LogP contribution in [0.2, 0.25) is 0 Å². The van der Waals surface area contributed by atoms with Gasteiger partial charge in [0.2, 0.25) is 5.91 Å². The predicted octanol–water partition coefficient (Wildman–Crippen LogP) is 2.68. The van der Waals surface area contributed by atoms with Crippen LogP contribution in [0.1, 0.15) is 31.7 Å². The summed E-state index contributed by atoms with van der Waals surface area (Å²) in [5.41, 5.74) is 1.23. The first-order chi connectivity index (χ1) is 8.69. The van der Waals surface area contributed by atoms with Gasteiger partial charge in [0.1, 0.15) is 5.75 Å². The third-order valence-corrected chi connectivity index (χ3v) is 3.54. The summed E-state index contributed by atoms with van der Waals surface area (Å²) < 4.78 is 5.68. The highest BCUT2D eigenvalue weighted by molar-refractivity contribution is 5.81. The van der Waals surface area contributed by atoms with Crippen LogP contribution in [0.25, 0.3) is 0 Å². The number of amides is 1. The largest absolute Gasteiger partial charge is 0.494 e. The van der Waals surface area contributed by atoms with Crippen LogP contribution in [0, 0.1) is 12.8 Å². The van der Waals surface area contributed by atoms with Crippen LogP contribution in [0.5, 0.6) is 5.75 Å². The summed E-state index contributed by atoms with van der Waals surface area (Å²) in [6.45, 7) is 4.78. The van der Waals surface area contributed by atoms with Gasteiger partial charge >= 0.3 is 0 Å². The molecule has 1 unspecified atom stereocenters. The molecule has 3 nitrogen and oxygen atoms in total. The molecule has 0 aliphatic carbocycles. The zero-order valence-electron chi connectivity index (χ0n) is 11.1. The Kier molecular flexibility index (Phi) is 4.24. The minimum Gasteiger partial charge on any atom is -0.494 e. The molecule has 2 atom stereocenters. The molecule has 0 radical (unpaired) electrons. The third kappa shape index (κ3) is 3.25. The Balaban J connectivity index is 1.73. The molecule has 98 valence electrons. The molecule has 1 fully saturated rings. The first kappa shape index (κ1) is 12.9. The summed E-state index contributed by atoms with van der Waals surface area (Å²) >= 11 is 0. The number of benzene rings is 1. The van der Waals surface area contributed by atoms with Crippen LogP contribution in [0.15, 0.2) is 24.3 Å². The van der Waals surface area contributed by atoms with Crippen LogP contribution in [0.3, 0.4) is 0 Å². The summed E-state index contributed by atoms with van der Waals surface area (Å²) in [5, 5.41) is 3.03. The zero-order valence-corrected chi connectivity index (χ0v) is 11.1. The number of aryl methyl sites for hydroxylation is 1. The second kappa shape index (κ2) is 5.89. The predicted molar refractivity (Wildman–Crippen MR) is 71.6 cm³/mol. The van der Waals surface area contributed by atoms with Gasteiger partial charge in [0, 0.05) is 18.4 Å². The molecule has 3 heteroatoms. The van der Waals surface area contributed by atoms with Crippen LogP contribution < -0.4 is 10.1 Å². The van der Waals surface area contributed by atoms with E-state index in [9.17, 15) is 4.79 Å². The van der Waals surface area contributed by atoms with E-state index in [4.69, 9.17) is 4.74 Å². The van der Waals surface area contributed by atoms with Crippen LogP contribution in [-0.2, 0) is 4.79 Å². The second-order valence-corrected chi connectivity index (χ2v) is 5.00. The van der Waals surface area contributed by atoms with Gasteiger partial charge in [-0.15, -0.1) is 0 Å². The summed E-state index contributed by atoms with van der Waals surface area (Å²) in [7, 11) is 0. The van der Waals surface area contributed by atoms with E-state index in [1.165, 1.54) is 5.56 Å². The fourth-order valence-electron chi connectivity index (χ4n) is 2.32. The van der Waals surface area contributed by atoms with Crippen LogP contribution in [0.4, 0.5) is 0 Å². The Hall–Kier alpha value is -1.51.